The topological polar surface area (TPSA) is 133 Å². The maximum absolute atomic E-state index is 12.1. The second-order valence-electron chi connectivity index (χ2n) is 10.2. The van der Waals surface area contributed by atoms with E-state index < -0.39 is 18.0 Å². The Balaban J connectivity index is 3.52. The van der Waals surface area contributed by atoms with Gasteiger partial charge in [-0.3, -0.25) is 14.4 Å². The number of nitrogens with one attached hydrogen (secondary N) is 2. The second kappa shape index (κ2) is 24.7. The van der Waals surface area contributed by atoms with Crippen molar-refractivity contribution in [2.45, 2.75) is 147 Å². The number of carbonyl (C=O) groups is 4. The largest absolute Gasteiger partial charge is 0.481 e. The van der Waals surface area contributed by atoms with Crippen LogP contribution in [0.25, 0.3) is 0 Å². The molecule has 0 heterocycles. The van der Waals surface area contributed by atoms with Crippen molar-refractivity contribution in [2.24, 2.45) is 0 Å². The Morgan fingerprint density at radius 2 is 1.05 bits per heavy atom. The molecule has 0 bridgehead atoms. The summed E-state index contributed by atoms with van der Waals surface area (Å²) >= 11 is 3.75. The fourth-order valence-corrected chi connectivity index (χ4v) is 4.36. The zero-order valence-corrected chi connectivity index (χ0v) is 23.9. The van der Waals surface area contributed by atoms with Gasteiger partial charge in [0.05, 0.1) is 6.04 Å². The van der Waals surface area contributed by atoms with Crippen LogP contribution >= 0.6 is 12.6 Å². The lowest BCUT2D eigenvalue weighted by Crippen LogP contribution is -2.41. The Kier molecular flexibility index (Phi) is 23.6. The Hall–Kier alpha value is -1.61. The minimum atomic E-state index is -1.03. The van der Waals surface area contributed by atoms with Gasteiger partial charge in [0.1, 0.15) is 6.04 Å². The highest BCUT2D eigenvalue weighted by molar-refractivity contribution is 7.96. The summed E-state index contributed by atoms with van der Waals surface area (Å²) in [6.07, 6.45) is 20.0. The molecule has 0 saturated carbocycles. The molecule has 0 aliphatic carbocycles. The summed E-state index contributed by atoms with van der Waals surface area (Å²) in [5.74, 6) is -1.93. The highest BCUT2D eigenvalue weighted by atomic mass is 32.1. The minimum absolute atomic E-state index is 0.211. The third kappa shape index (κ3) is 24.5. The van der Waals surface area contributed by atoms with Crippen molar-refractivity contribution in [1.82, 2.24) is 10.6 Å². The van der Waals surface area contributed by atoms with Crippen LogP contribution in [0.3, 0.4) is 0 Å². The van der Waals surface area contributed by atoms with Crippen LogP contribution in [-0.4, -0.2) is 51.8 Å². The lowest BCUT2D eigenvalue weighted by molar-refractivity contribution is -0.142. The number of amides is 1. The van der Waals surface area contributed by atoms with E-state index in [4.69, 9.17) is 5.11 Å². The van der Waals surface area contributed by atoms with Crippen molar-refractivity contribution in [3.63, 3.8) is 0 Å². The van der Waals surface area contributed by atoms with Gasteiger partial charge in [-0.1, -0.05) is 89.9 Å². The standard InChI is InChI=1S/C28H52N2O6S/c1-23(28(36)37)29-22-18-19-24(27(34)35)30-25(31)20-16-14-12-10-8-6-4-2-3-5-7-9-11-13-15-17-21-26(32)33/h23-24,29H,2-22H2,1H3,(H,30,31)(H,32,33)(H,34,35)(H,36,37)/t23-,24?/m0/s1. The number of hydrogen-bond donors (Lipinski definition) is 5. The van der Waals surface area contributed by atoms with Crippen LogP contribution < -0.4 is 10.6 Å². The quantitative estimate of drug-likeness (QED) is 0.0644. The van der Waals surface area contributed by atoms with Gasteiger partial charge in [0.2, 0.25) is 11.0 Å². The number of carboxylic acids is 2. The number of carbonyl (C=O) groups excluding carboxylic acids is 2. The van der Waals surface area contributed by atoms with Gasteiger partial charge >= 0.3 is 11.9 Å². The number of carboxylic acid groups (broad SMARTS) is 2. The average Bonchev–Trinajstić information content (AvgIpc) is 2.84. The lowest BCUT2D eigenvalue weighted by atomic mass is 10.0. The SMILES string of the molecule is C[C@H](NCCCC(NC(=O)CCCCCCCCCCCCCCCCCCC(=O)O)C(=O)O)C(=O)S. The average molecular weight is 545 g/mol. The Morgan fingerprint density at radius 3 is 1.43 bits per heavy atom. The van der Waals surface area contributed by atoms with Crippen LogP contribution in [0, 0.1) is 0 Å². The van der Waals surface area contributed by atoms with Crippen molar-refractivity contribution in [3.05, 3.63) is 0 Å². The summed E-state index contributed by atoms with van der Waals surface area (Å²) < 4.78 is 0. The summed E-state index contributed by atoms with van der Waals surface area (Å²) in [6, 6.07) is -1.27. The minimum Gasteiger partial charge on any atom is -0.481 e. The fourth-order valence-electron chi connectivity index (χ4n) is 4.27. The van der Waals surface area contributed by atoms with E-state index >= 15 is 0 Å². The molecule has 37 heavy (non-hydrogen) atoms. The van der Waals surface area contributed by atoms with Crippen LogP contribution in [0.15, 0.2) is 0 Å². The number of unbranched alkanes of at least 4 members (excludes halogenated alkanes) is 15. The predicted octanol–water partition coefficient (Wildman–Crippen LogP) is 5.88. The molecule has 0 radical (unpaired) electrons. The first-order chi connectivity index (χ1) is 17.7. The number of aliphatic carboxylic acids is 2. The van der Waals surface area contributed by atoms with Gasteiger partial charge in [-0.2, -0.15) is 0 Å². The maximum atomic E-state index is 12.1. The number of rotatable bonds is 27. The molecule has 2 atom stereocenters. The highest BCUT2D eigenvalue weighted by Crippen LogP contribution is 2.14. The van der Waals surface area contributed by atoms with Crippen molar-refractivity contribution in [2.75, 3.05) is 6.54 Å². The molecule has 8 nitrogen and oxygen atoms in total. The van der Waals surface area contributed by atoms with Gasteiger partial charge in [0, 0.05) is 12.8 Å². The van der Waals surface area contributed by atoms with Gasteiger partial charge < -0.3 is 20.8 Å². The zero-order chi connectivity index (χ0) is 27.7. The van der Waals surface area contributed by atoms with Gasteiger partial charge in [0.25, 0.3) is 0 Å². The third-order valence-electron chi connectivity index (χ3n) is 6.67. The van der Waals surface area contributed by atoms with Crippen LogP contribution in [0.5, 0.6) is 0 Å². The predicted molar refractivity (Wildman–Crippen MR) is 151 cm³/mol. The normalized spacial score (nSPS) is 12.7. The monoisotopic (exact) mass is 544 g/mol. The summed E-state index contributed by atoms with van der Waals surface area (Å²) in [5.41, 5.74) is 0. The van der Waals surface area contributed by atoms with Crippen molar-refractivity contribution in [1.29, 1.82) is 0 Å². The zero-order valence-electron chi connectivity index (χ0n) is 23.0. The van der Waals surface area contributed by atoms with E-state index in [0.717, 1.165) is 38.5 Å². The van der Waals surface area contributed by atoms with Gasteiger partial charge in [-0.25, -0.2) is 4.79 Å². The van der Waals surface area contributed by atoms with E-state index in [2.05, 4.69) is 23.3 Å². The molecule has 0 spiro atoms. The van der Waals surface area contributed by atoms with Gasteiger partial charge in [-0.05, 0) is 39.2 Å². The lowest BCUT2D eigenvalue weighted by Gasteiger charge is -2.15. The molecule has 216 valence electrons. The van der Waals surface area contributed by atoms with E-state index in [0.29, 0.717) is 32.2 Å². The van der Waals surface area contributed by atoms with Crippen molar-refractivity contribution < 1.29 is 29.4 Å². The van der Waals surface area contributed by atoms with E-state index in [9.17, 15) is 24.3 Å². The van der Waals surface area contributed by atoms with Crippen molar-refractivity contribution in [3.8, 4) is 0 Å². The summed E-state index contributed by atoms with van der Waals surface area (Å²) in [5, 5.41) is 23.3. The van der Waals surface area contributed by atoms with E-state index in [-0.39, 0.29) is 17.1 Å². The van der Waals surface area contributed by atoms with E-state index in [1.165, 1.54) is 64.2 Å². The van der Waals surface area contributed by atoms with Crippen LogP contribution in [0.2, 0.25) is 0 Å². The summed E-state index contributed by atoms with van der Waals surface area (Å²) in [7, 11) is 0. The van der Waals surface area contributed by atoms with E-state index in [1.807, 2.05) is 0 Å². The molecule has 0 aromatic carbocycles. The molecule has 4 N–H and O–H groups in total. The molecule has 0 fully saturated rings. The van der Waals surface area contributed by atoms with Crippen molar-refractivity contribution >= 4 is 35.6 Å². The molecule has 0 aromatic heterocycles. The first-order valence-corrected chi connectivity index (χ1v) is 14.9. The molecule has 1 amide bonds. The highest BCUT2D eigenvalue weighted by Gasteiger charge is 2.19. The smallest absolute Gasteiger partial charge is 0.326 e. The number of hydrogen-bond acceptors (Lipinski definition) is 5. The molecule has 0 aromatic rings. The molecular formula is C28H52N2O6S. The molecule has 1 unspecified atom stereocenters. The first-order valence-electron chi connectivity index (χ1n) is 14.4. The van der Waals surface area contributed by atoms with Gasteiger partial charge in [0.15, 0.2) is 0 Å². The molecule has 0 aliphatic rings. The van der Waals surface area contributed by atoms with Crippen LogP contribution in [0.1, 0.15) is 135 Å². The first kappa shape index (κ1) is 35.4. The van der Waals surface area contributed by atoms with Gasteiger partial charge in [-0.15, -0.1) is 12.6 Å². The molecule has 9 heteroatoms. The second-order valence-corrected chi connectivity index (χ2v) is 10.6. The summed E-state index contributed by atoms with van der Waals surface area (Å²) in [4.78, 5) is 45.0. The van der Waals surface area contributed by atoms with Crippen LogP contribution in [-0.2, 0) is 19.2 Å². The third-order valence-corrected chi connectivity index (χ3v) is 7.06. The molecular weight excluding hydrogens is 492 g/mol. The fraction of sp³-hybridized carbons (Fsp3) is 0.857. The Bertz CT molecular complexity index is 632. The maximum Gasteiger partial charge on any atom is 0.326 e. The van der Waals surface area contributed by atoms with Crippen LogP contribution in [0.4, 0.5) is 0 Å². The Labute approximate surface area is 229 Å². The number of thiol groups is 1. The summed E-state index contributed by atoms with van der Waals surface area (Å²) in [6.45, 7) is 2.19. The Morgan fingerprint density at radius 1 is 0.649 bits per heavy atom. The molecule has 0 rings (SSSR count). The molecule has 0 aliphatic heterocycles. The van der Waals surface area contributed by atoms with E-state index in [1.54, 1.807) is 6.92 Å². The molecule has 0 saturated heterocycles.